The van der Waals surface area contributed by atoms with Gasteiger partial charge in [0, 0.05) is 23.4 Å². The van der Waals surface area contributed by atoms with E-state index in [1.54, 1.807) is 30.3 Å². The van der Waals surface area contributed by atoms with E-state index in [4.69, 9.17) is 27.6 Å². The molecule has 1 heterocycles. The summed E-state index contributed by atoms with van der Waals surface area (Å²) in [5, 5.41) is 14.1. The number of halogens is 2. The van der Waals surface area contributed by atoms with E-state index in [2.05, 4.69) is 5.32 Å². The Morgan fingerprint density at radius 3 is 2.56 bits per heavy atom. The van der Waals surface area contributed by atoms with Crippen LogP contribution < -0.4 is 5.32 Å². The van der Waals surface area contributed by atoms with Gasteiger partial charge in [0.05, 0.1) is 15.0 Å². The van der Waals surface area contributed by atoms with Crippen LogP contribution in [0.5, 0.6) is 0 Å². The van der Waals surface area contributed by atoms with Crippen molar-refractivity contribution in [3.63, 3.8) is 0 Å². The molecule has 0 saturated carbocycles. The number of anilines is 1. The van der Waals surface area contributed by atoms with Crippen molar-refractivity contribution in [1.82, 2.24) is 0 Å². The van der Waals surface area contributed by atoms with E-state index in [9.17, 15) is 14.9 Å². The minimum Gasteiger partial charge on any atom is -0.451 e. The molecule has 0 unspecified atom stereocenters. The van der Waals surface area contributed by atoms with Gasteiger partial charge in [0.15, 0.2) is 5.76 Å². The van der Waals surface area contributed by atoms with E-state index in [0.29, 0.717) is 27.1 Å². The first kappa shape index (κ1) is 17.0. The van der Waals surface area contributed by atoms with Crippen molar-refractivity contribution in [2.45, 2.75) is 0 Å². The Kier molecular flexibility index (Phi) is 4.74. The standard InChI is InChI=1S/C17H10Cl2N2O4/c18-13-5-4-10(8-14(13)19)15-6-7-16(25-15)17(22)20-11-2-1-3-12(9-11)21(23)24/h1-9H,(H,20,22). The molecule has 25 heavy (non-hydrogen) atoms. The zero-order chi connectivity index (χ0) is 18.0. The van der Waals surface area contributed by atoms with Crippen LogP contribution in [0.25, 0.3) is 11.3 Å². The molecular weight excluding hydrogens is 367 g/mol. The minimum absolute atomic E-state index is 0.0626. The number of carbonyl (C=O) groups excluding carboxylic acids is 1. The number of nitro groups is 1. The molecule has 0 radical (unpaired) electrons. The molecule has 0 saturated heterocycles. The minimum atomic E-state index is -0.537. The molecule has 0 aliphatic heterocycles. The first-order valence-corrected chi connectivity index (χ1v) is 7.81. The third-order valence-electron chi connectivity index (χ3n) is 3.35. The number of carbonyl (C=O) groups is 1. The summed E-state index contributed by atoms with van der Waals surface area (Å²) in [4.78, 5) is 22.5. The summed E-state index contributed by atoms with van der Waals surface area (Å²) >= 11 is 11.8. The number of rotatable bonds is 4. The van der Waals surface area contributed by atoms with Gasteiger partial charge in [-0.15, -0.1) is 0 Å². The van der Waals surface area contributed by atoms with Gasteiger partial charge in [0.2, 0.25) is 0 Å². The summed E-state index contributed by atoms with van der Waals surface area (Å²) in [5.74, 6) is -0.0119. The van der Waals surface area contributed by atoms with Crippen molar-refractivity contribution in [2.24, 2.45) is 0 Å². The summed E-state index contributed by atoms with van der Waals surface area (Å²) < 4.78 is 5.53. The fraction of sp³-hybridized carbons (Fsp3) is 0. The van der Waals surface area contributed by atoms with Crippen molar-refractivity contribution in [1.29, 1.82) is 0 Å². The quantitative estimate of drug-likeness (QED) is 0.486. The molecule has 8 heteroatoms. The van der Waals surface area contributed by atoms with Gasteiger partial charge < -0.3 is 9.73 Å². The fourth-order valence-corrected chi connectivity index (χ4v) is 2.45. The molecule has 126 valence electrons. The molecule has 0 bridgehead atoms. The van der Waals surface area contributed by atoms with E-state index >= 15 is 0 Å². The van der Waals surface area contributed by atoms with Crippen LogP contribution in [-0.4, -0.2) is 10.8 Å². The van der Waals surface area contributed by atoms with Crippen LogP contribution in [0.1, 0.15) is 10.6 Å². The number of nitro benzene ring substituents is 1. The Bertz CT molecular complexity index is 969. The predicted molar refractivity (Wildman–Crippen MR) is 95.2 cm³/mol. The number of nitrogens with zero attached hydrogens (tertiary/aromatic N) is 1. The lowest BCUT2D eigenvalue weighted by atomic mass is 10.2. The van der Waals surface area contributed by atoms with E-state index < -0.39 is 10.8 Å². The molecule has 1 N–H and O–H groups in total. The molecule has 0 spiro atoms. The SMILES string of the molecule is O=C(Nc1cccc([N+](=O)[O-])c1)c1ccc(-c2ccc(Cl)c(Cl)c2)o1. The van der Waals surface area contributed by atoms with E-state index in [1.165, 1.54) is 24.3 Å². The Balaban J connectivity index is 1.80. The summed E-state index contributed by atoms with van der Waals surface area (Å²) in [5.41, 5.74) is 0.851. The Labute approximate surface area is 152 Å². The molecule has 3 aromatic rings. The largest absolute Gasteiger partial charge is 0.451 e. The van der Waals surface area contributed by atoms with Crippen LogP contribution in [0.4, 0.5) is 11.4 Å². The van der Waals surface area contributed by atoms with Crippen molar-refractivity contribution in [3.05, 3.63) is 80.5 Å². The lowest BCUT2D eigenvalue weighted by molar-refractivity contribution is -0.384. The second-order valence-corrected chi connectivity index (χ2v) is 5.87. The van der Waals surface area contributed by atoms with Gasteiger partial charge in [0.1, 0.15) is 5.76 Å². The Morgan fingerprint density at radius 2 is 1.84 bits per heavy atom. The molecular formula is C17H10Cl2N2O4. The maximum atomic E-state index is 12.2. The lowest BCUT2D eigenvalue weighted by Crippen LogP contribution is -2.10. The van der Waals surface area contributed by atoms with Crippen LogP contribution in [0, 0.1) is 10.1 Å². The van der Waals surface area contributed by atoms with E-state index in [0.717, 1.165) is 0 Å². The lowest BCUT2D eigenvalue weighted by Gasteiger charge is -2.03. The zero-order valence-corrected chi connectivity index (χ0v) is 14.0. The Morgan fingerprint density at radius 1 is 1.04 bits per heavy atom. The molecule has 0 atom stereocenters. The third kappa shape index (κ3) is 3.81. The highest BCUT2D eigenvalue weighted by molar-refractivity contribution is 6.42. The normalized spacial score (nSPS) is 10.5. The summed E-state index contributed by atoms with van der Waals surface area (Å²) in [6, 6.07) is 13.7. The number of furan rings is 1. The summed E-state index contributed by atoms with van der Waals surface area (Å²) in [6.45, 7) is 0. The highest BCUT2D eigenvalue weighted by Gasteiger charge is 2.14. The number of nitrogens with one attached hydrogen (secondary N) is 1. The van der Waals surface area contributed by atoms with Crippen LogP contribution in [-0.2, 0) is 0 Å². The number of non-ortho nitro benzene ring substituents is 1. The molecule has 3 rings (SSSR count). The molecule has 0 fully saturated rings. The number of hydrogen-bond acceptors (Lipinski definition) is 4. The summed E-state index contributed by atoms with van der Waals surface area (Å²) in [6.07, 6.45) is 0. The zero-order valence-electron chi connectivity index (χ0n) is 12.5. The first-order chi connectivity index (χ1) is 11.9. The van der Waals surface area contributed by atoms with Crippen LogP contribution in [0.15, 0.2) is 59.0 Å². The number of benzene rings is 2. The van der Waals surface area contributed by atoms with Crippen LogP contribution in [0.3, 0.4) is 0 Å². The topological polar surface area (TPSA) is 85.4 Å². The van der Waals surface area contributed by atoms with Gasteiger partial charge in [0.25, 0.3) is 11.6 Å². The molecule has 0 aliphatic rings. The highest BCUT2D eigenvalue weighted by atomic mass is 35.5. The highest BCUT2D eigenvalue weighted by Crippen LogP contribution is 2.29. The van der Waals surface area contributed by atoms with Gasteiger partial charge in [-0.3, -0.25) is 14.9 Å². The Hall–Kier alpha value is -2.83. The summed E-state index contributed by atoms with van der Waals surface area (Å²) in [7, 11) is 0. The van der Waals surface area contributed by atoms with Gasteiger partial charge in [-0.05, 0) is 36.4 Å². The molecule has 0 aliphatic carbocycles. The van der Waals surface area contributed by atoms with Crippen molar-refractivity contribution in [3.8, 4) is 11.3 Å². The van der Waals surface area contributed by atoms with E-state index in [1.807, 2.05) is 0 Å². The maximum absolute atomic E-state index is 12.2. The molecule has 6 nitrogen and oxygen atoms in total. The van der Waals surface area contributed by atoms with Crippen molar-refractivity contribution < 1.29 is 14.1 Å². The van der Waals surface area contributed by atoms with Crippen molar-refractivity contribution >= 4 is 40.5 Å². The average Bonchev–Trinajstić information content (AvgIpc) is 3.08. The number of hydrogen-bond donors (Lipinski definition) is 1. The van der Waals surface area contributed by atoms with Gasteiger partial charge in [-0.1, -0.05) is 29.3 Å². The smallest absolute Gasteiger partial charge is 0.291 e. The molecule has 1 aromatic heterocycles. The molecule has 2 aromatic carbocycles. The third-order valence-corrected chi connectivity index (χ3v) is 4.09. The monoisotopic (exact) mass is 376 g/mol. The van der Waals surface area contributed by atoms with Gasteiger partial charge in [-0.25, -0.2) is 0 Å². The maximum Gasteiger partial charge on any atom is 0.291 e. The second-order valence-electron chi connectivity index (χ2n) is 5.05. The second kappa shape index (κ2) is 6.96. The van der Waals surface area contributed by atoms with Crippen LogP contribution >= 0.6 is 23.2 Å². The van der Waals surface area contributed by atoms with Crippen molar-refractivity contribution in [2.75, 3.05) is 5.32 Å². The van der Waals surface area contributed by atoms with Crippen LogP contribution in [0.2, 0.25) is 10.0 Å². The fourth-order valence-electron chi connectivity index (χ4n) is 2.15. The molecule has 1 amide bonds. The van der Waals surface area contributed by atoms with Gasteiger partial charge >= 0.3 is 0 Å². The predicted octanol–water partition coefficient (Wildman–Crippen LogP) is 5.41. The average molecular weight is 377 g/mol. The van der Waals surface area contributed by atoms with E-state index in [-0.39, 0.29) is 11.4 Å². The first-order valence-electron chi connectivity index (χ1n) is 7.05. The van der Waals surface area contributed by atoms with Gasteiger partial charge in [-0.2, -0.15) is 0 Å². The number of amides is 1.